The van der Waals surface area contributed by atoms with Gasteiger partial charge in [0.15, 0.2) is 0 Å². The van der Waals surface area contributed by atoms with Crippen LogP contribution in [0.4, 0.5) is 34.1 Å². The number of anilines is 6. The standard InChI is InChI=1S/C50H48N2/c1-37-9-25-45(26-10-37)51(46-27-11-38(2)12-28-46)49-33-19-41(20-34-49)17-23-43-7-5-6-8-44(43)24-18-42-21-35-50(36-22-42)52(47-29-13-39(3)14-30-47)48-31-15-40(4)16-32-48/h5-16,19-22,25-36H,17-18,23-24H2,1-4H3. The smallest absolute Gasteiger partial charge is 0.0461 e. The van der Waals surface area contributed by atoms with Crippen LogP contribution < -0.4 is 9.80 Å². The molecule has 0 radical (unpaired) electrons. The molecule has 0 saturated carbocycles. The van der Waals surface area contributed by atoms with E-state index in [1.165, 1.54) is 78.6 Å². The minimum Gasteiger partial charge on any atom is -0.311 e. The highest BCUT2D eigenvalue weighted by molar-refractivity contribution is 5.78. The Balaban J connectivity index is 1.02. The summed E-state index contributed by atoms with van der Waals surface area (Å²) in [4.78, 5) is 4.68. The fraction of sp³-hybridized carbons (Fsp3) is 0.160. The van der Waals surface area contributed by atoms with Crippen molar-refractivity contribution < 1.29 is 0 Å². The van der Waals surface area contributed by atoms with Crippen molar-refractivity contribution in [3.63, 3.8) is 0 Å². The van der Waals surface area contributed by atoms with E-state index < -0.39 is 0 Å². The molecule has 0 aliphatic carbocycles. The molecular weight excluding hydrogens is 629 g/mol. The van der Waals surface area contributed by atoms with Crippen LogP contribution in [0.3, 0.4) is 0 Å². The SMILES string of the molecule is Cc1ccc(N(c2ccc(C)cc2)c2ccc(CCc3ccccc3CCc3ccc(N(c4ccc(C)cc4)c4ccc(C)cc4)cc3)cc2)cc1. The van der Waals surface area contributed by atoms with Crippen LogP contribution in [0.25, 0.3) is 0 Å². The van der Waals surface area contributed by atoms with Crippen LogP contribution in [0, 0.1) is 27.7 Å². The van der Waals surface area contributed by atoms with Gasteiger partial charge in [0.25, 0.3) is 0 Å². The van der Waals surface area contributed by atoms with E-state index in [1.54, 1.807) is 0 Å². The van der Waals surface area contributed by atoms with Crippen LogP contribution in [0.15, 0.2) is 170 Å². The maximum absolute atomic E-state index is 2.34. The second kappa shape index (κ2) is 16.0. The van der Waals surface area contributed by atoms with Crippen LogP contribution in [-0.4, -0.2) is 0 Å². The highest BCUT2D eigenvalue weighted by Gasteiger charge is 2.14. The van der Waals surface area contributed by atoms with Gasteiger partial charge in [0.1, 0.15) is 0 Å². The van der Waals surface area contributed by atoms with E-state index in [1.807, 2.05) is 0 Å². The topological polar surface area (TPSA) is 6.48 Å². The lowest BCUT2D eigenvalue weighted by molar-refractivity contribution is 0.894. The Morgan fingerprint density at radius 2 is 0.500 bits per heavy atom. The Bertz CT molecular complexity index is 1930. The molecule has 0 unspecified atom stereocenters. The molecular formula is C50H48N2. The Labute approximate surface area is 310 Å². The summed E-state index contributed by atoms with van der Waals surface area (Å²) >= 11 is 0. The summed E-state index contributed by atoms with van der Waals surface area (Å²) in [5.74, 6) is 0. The van der Waals surface area contributed by atoms with Gasteiger partial charge in [-0.3, -0.25) is 0 Å². The zero-order valence-electron chi connectivity index (χ0n) is 30.9. The fourth-order valence-corrected chi connectivity index (χ4v) is 6.90. The molecule has 0 heterocycles. The molecule has 258 valence electrons. The predicted octanol–water partition coefficient (Wildman–Crippen LogP) is 13.4. The van der Waals surface area contributed by atoms with Gasteiger partial charge in [0.05, 0.1) is 0 Å². The summed E-state index contributed by atoms with van der Waals surface area (Å²) in [5.41, 5.74) is 17.7. The fourth-order valence-electron chi connectivity index (χ4n) is 6.90. The normalized spacial score (nSPS) is 11.0. The zero-order valence-corrected chi connectivity index (χ0v) is 30.9. The minimum absolute atomic E-state index is 1.01. The first kappa shape index (κ1) is 34.6. The molecule has 0 aromatic heterocycles. The summed E-state index contributed by atoms with van der Waals surface area (Å²) in [6.45, 7) is 8.55. The van der Waals surface area contributed by atoms with E-state index in [9.17, 15) is 0 Å². The van der Waals surface area contributed by atoms with Gasteiger partial charge in [0.2, 0.25) is 0 Å². The van der Waals surface area contributed by atoms with Crippen LogP contribution >= 0.6 is 0 Å². The van der Waals surface area contributed by atoms with Crippen LogP contribution in [0.5, 0.6) is 0 Å². The molecule has 2 nitrogen and oxygen atoms in total. The highest BCUT2D eigenvalue weighted by Crippen LogP contribution is 2.36. The number of nitrogens with zero attached hydrogens (tertiary/aromatic N) is 2. The maximum Gasteiger partial charge on any atom is 0.0461 e. The molecule has 0 aliphatic rings. The molecule has 0 spiro atoms. The van der Waals surface area contributed by atoms with Gasteiger partial charge in [-0.15, -0.1) is 0 Å². The zero-order chi connectivity index (χ0) is 35.9. The Morgan fingerprint density at radius 1 is 0.269 bits per heavy atom. The van der Waals surface area contributed by atoms with E-state index in [4.69, 9.17) is 0 Å². The van der Waals surface area contributed by atoms with Gasteiger partial charge >= 0.3 is 0 Å². The van der Waals surface area contributed by atoms with Crippen molar-refractivity contribution in [2.45, 2.75) is 53.4 Å². The molecule has 0 N–H and O–H groups in total. The maximum atomic E-state index is 2.34. The Morgan fingerprint density at radius 3 is 0.750 bits per heavy atom. The third kappa shape index (κ3) is 8.36. The van der Waals surface area contributed by atoms with Gasteiger partial charge in [-0.1, -0.05) is 119 Å². The number of hydrogen-bond acceptors (Lipinski definition) is 2. The van der Waals surface area contributed by atoms with Crippen molar-refractivity contribution >= 4 is 34.1 Å². The van der Waals surface area contributed by atoms with E-state index in [2.05, 4.69) is 207 Å². The van der Waals surface area contributed by atoms with Crippen molar-refractivity contribution in [3.05, 3.63) is 214 Å². The van der Waals surface area contributed by atoms with Crippen LogP contribution in [0.1, 0.15) is 44.5 Å². The molecule has 7 rings (SSSR count). The molecule has 0 aliphatic heterocycles. The molecule has 0 saturated heterocycles. The Hall–Kier alpha value is -5.86. The van der Waals surface area contributed by atoms with Crippen molar-refractivity contribution in [3.8, 4) is 0 Å². The lowest BCUT2D eigenvalue weighted by atomic mass is 9.95. The summed E-state index contributed by atoms with van der Waals surface area (Å²) in [7, 11) is 0. The average Bonchev–Trinajstić information content (AvgIpc) is 3.18. The lowest BCUT2D eigenvalue weighted by Crippen LogP contribution is -2.10. The number of benzene rings is 7. The predicted molar refractivity (Wildman–Crippen MR) is 222 cm³/mol. The first-order chi connectivity index (χ1) is 25.4. The molecule has 0 atom stereocenters. The third-order valence-electron chi connectivity index (χ3n) is 10.0. The van der Waals surface area contributed by atoms with Gasteiger partial charge in [0, 0.05) is 34.1 Å². The second-order valence-corrected chi connectivity index (χ2v) is 14.1. The van der Waals surface area contributed by atoms with Gasteiger partial charge in [-0.25, -0.2) is 0 Å². The molecule has 52 heavy (non-hydrogen) atoms. The summed E-state index contributed by atoms with van der Waals surface area (Å²) in [5, 5.41) is 0. The summed E-state index contributed by atoms with van der Waals surface area (Å²) in [6.07, 6.45) is 4.07. The number of rotatable bonds is 12. The van der Waals surface area contributed by atoms with Gasteiger partial charge in [-0.05, 0) is 148 Å². The van der Waals surface area contributed by atoms with Crippen LogP contribution in [-0.2, 0) is 25.7 Å². The lowest BCUT2D eigenvalue weighted by Gasteiger charge is -2.26. The van der Waals surface area contributed by atoms with E-state index in [0.717, 1.165) is 25.7 Å². The summed E-state index contributed by atoms with van der Waals surface area (Å²) in [6, 6.07) is 62.4. The second-order valence-electron chi connectivity index (χ2n) is 14.1. The van der Waals surface area contributed by atoms with Crippen molar-refractivity contribution in [1.29, 1.82) is 0 Å². The Kier molecular flexibility index (Phi) is 10.6. The third-order valence-corrected chi connectivity index (χ3v) is 10.0. The monoisotopic (exact) mass is 676 g/mol. The molecule has 0 bridgehead atoms. The van der Waals surface area contributed by atoms with Crippen LogP contribution in [0.2, 0.25) is 0 Å². The van der Waals surface area contributed by atoms with Gasteiger partial charge < -0.3 is 9.80 Å². The first-order valence-corrected chi connectivity index (χ1v) is 18.5. The van der Waals surface area contributed by atoms with Crippen molar-refractivity contribution in [2.75, 3.05) is 9.80 Å². The number of aryl methyl sites for hydroxylation is 8. The highest BCUT2D eigenvalue weighted by atomic mass is 15.1. The van der Waals surface area contributed by atoms with E-state index in [0.29, 0.717) is 0 Å². The largest absolute Gasteiger partial charge is 0.311 e. The number of hydrogen-bond donors (Lipinski definition) is 0. The first-order valence-electron chi connectivity index (χ1n) is 18.5. The minimum atomic E-state index is 1.01. The summed E-state index contributed by atoms with van der Waals surface area (Å²) < 4.78 is 0. The van der Waals surface area contributed by atoms with E-state index >= 15 is 0 Å². The van der Waals surface area contributed by atoms with Crippen molar-refractivity contribution in [2.24, 2.45) is 0 Å². The molecule has 7 aromatic carbocycles. The molecule has 2 heteroatoms. The molecule has 0 fully saturated rings. The quantitative estimate of drug-likeness (QED) is 0.127. The average molecular weight is 677 g/mol. The molecule has 7 aromatic rings. The van der Waals surface area contributed by atoms with E-state index in [-0.39, 0.29) is 0 Å². The molecule has 0 amide bonds. The van der Waals surface area contributed by atoms with Gasteiger partial charge in [-0.2, -0.15) is 0 Å². The van der Waals surface area contributed by atoms with Crippen molar-refractivity contribution in [1.82, 2.24) is 0 Å².